The molecule has 0 saturated carbocycles. The minimum Gasteiger partial charge on any atom is -0.400 e. The summed E-state index contributed by atoms with van der Waals surface area (Å²) in [4.78, 5) is 4.25. The van der Waals surface area contributed by atoms with Crippen molar-refractivity contribution in [2.75, 3.05) is 0 Å². The van der Waals surface area contributed by atoms with E-state index < -0.39 is 24.9 Å². The largest absolute Gasteiger partial charge is 0.543 e. The molecule has 0 bridgehead atoms. The number of hydrogen-bond acceptors (Lipinski definition) is 5. The monoisotopic (exact) mass is 464 g/mol. The van der Waals surface area contributed by atoms with Crippen molar-refractivity contribution in [1.82, 2.24) is 5.09 Å². The second-order valence-corrected chi connectivity index (χ2v) is 9.10. The Balaban J connectivity index is 1.52. The van der Waals surface area contributed by atoms with E-state index >= 15 is 0 Å². The Hall–Kier alpha value is -2.90. The van der Waals surface area contributed by atoms with Crippen molar-refractivity contribution in [3.63, 3.8) is 0 Å². The van der Waals surface area contributed by atoms with E-state index in [1.54, 1.807) is 66.7 Å². The van der Waals surface area contributed by atoms with Crippen molar-refractivity contribution in [2.24, 2.45) is 4.99 Å². The number of para-hydroxylation sites is 2. The van der Waals surface area contributed by atoms with Crippen LogP contribution in [0, 0.1) is 0 Å². The van der Waals surface area contributed by atoms with Crippen molar-refractivity contribution in [3.8, 4) is 11.5 Å². The Bertz CT molecular complexity index is 1080. The van der Waals surface area contributed by atoms with Gasteiger partial charge in [0, 0.05) is 0 Å². The Morgan fingerprint density at radius 2 is 1.42 bits per heavy atom. The molecular formula is C21H16F3N2O3PS. The first kappa shape index (κ1) is 21.3. The van der Waals surface area contributed by atoms with Gasteiger partial charge in [-0.3, -0.25) is 5.09 Å². The summed E-state index contributed by atoms with van der Waals surface area (Å²) >= 11 is 1.13. The minimum atomic E-state index is -4.43. The predicted octanol–water partition coefficient (Wildman–Crippen LogP) is 6.66. The molecule has 4 rings (SSSR count). The van der Waals surface area contributed by atoms with Gasteiger partial charge in [-0.1, -0.05) is 60.3 Å². The van der Waals surface area contributed by atoms with Crippen LogP contribution in [-0.4, -0.2) is 5.17 Å². The molecular weight excluding hydrogens is 448 g/mol. The molecule has 1 N–H and O–H groups in total. The smallest absolute Gasteiger partial charge is 0.400 e. The molecule has 31 heavy (non-hydrogen) atoms. The van der Waals surface area contributed by atoms with Crippen molar-refractivity contribution >= 4 is 24.7 Å². The van der Waals surface area contributed by atoms with Crippen LogP contribution < -0.4 is 14.1 Å². The number of nitrogens with one attached hydrogen (secondary N) is 1. The highest BCUT2D eigenvalue weighted by Crippen LogP contribution is 2.49. The van der Waals surface area contributed by atoms with Crippen LogP contribution in [0.2, 0.25) is 0 Å². The van der Waals surface area contributed by atoms with E-state index in [9.17, 15) is 17.7 Å². The number of amidine groups is 1. The normalized spacial score (nSPS) is 16.1. The van der Waals surface area contributed by atoms with Crippen LogP contribution in [0.25, 0.3) is 0 Å². The summed E-state index contributed by atoms with van der Waals surface area (Å²) < 4.78 is 63.4. The van der Waals surface area contributed by atoms with E-state index in [0.29, 0.717) is 17.1 Å². The molecule has 0 saturated heterocycles. The average molecular weight is 464 g/mol. The zero-order chi connectivity index (χ0) is 21.9. The van der Waals surface area contributed by atoms with Gasteiger partial charge in [-0.25, -0.2) is 9.56 Å². The lowest BCUT2D eigenvalue weighted by molar-refractivity contribution is -0.137. The molecule has 1 atom stereocenters. The highest BCUT2D eigenvalue weighted by molar-refractivity contribution is 8.15. The van der Waals surface area contributed by atoms with Crippen LogP contribution in [0.3, 0.4) is 0 Å². The van der Waals surface area contributed by atoms with Gasteiger partial charge in [0.1, 0.15) is 16.9 Å². The number of nitrogens with zero attached hydrogens (tertiary/aromatic N) is 1. The van der Waals surface area contributed by atoms with Crippen LogP contribution in [0.15, 0.2) is 89.9 Å². The molecule has 0 aromatic heterocycles. The van der Waals surface area contributed by atoms with Gasteiger partial charge in [-0.15, -0.1) is 0 Å². The Kier molecular flexibility index (Phi) is 5.98. The molecule has 0 aliphatic carbocycles. The van der Waals surface area contributed by atoms with Crippen LogP contribution in [0.1, 0.15) is 16.5 Å². The summed E-state index contributed by atoms with van der Waals surface area (Å²) in [6.45, 7) is 0. The maximum atomic E-state index is 13.4. The van der Waals surface area contributed by atoms with Gasteiger partial charge >= 0.3 is 13.9 Å². The summed E-state index contributed by atoms with van der Waals surface area (Å²) in [5.74, 6) is 0.655. The van der Waals surface area contributed by atoms with Gasteiger partial charge in [0.25, 0.3) is 0 Å². The third-order valence-electron chi connectivity index (χ3n) is 4.13. The number of rotatable bonds is 6. The zero-order valence-electron chi connectivity index (χ0n) is 15.8. The van der Waals surface area contributed by atoms with E-state index in [1.165, 1.54) is 6.07 Å². The molecule has 0 radical (unpaired) electrons. The van der Waals surface area contributed by atoms with Crippen molar-refractivity contribution in [1.29, 1.82) is 0 Å². The Labute approximate surface area is 180 Å². The number of benzene rings is 3. The highest BCUT2D eigenvalue weighted by Gasteiger charge is 2.37. The zero-order valence-corrected chi connectivity index (χ0v) is 17.5. The molecule has 0 amide bonds. The number of thioether (sulfide) groups is 1. The minimum absolute atomic E-state index is 0.248. The predicted molar refractivity (Wildman–Crippen MR) is 114 cm³/mol. The Morgan fingerprint density at radius 3 is 1.94 bits per heavy atom. The molecule has 1 aliphatic rings. The molecule has 3 aromatic carbocycles. The van der Waals surface area contributed by atoms with Crippen LogP contribution in [0.4, 0.5) is 13.2 Å². The molecule has 1 aliphatic heterocycles. The number of aliphatic imine (C=N–C) groups is 1. The van der Waals surface area contributed by atoms with E-state index in [0.717, 1.165) is 23.9 Å². The fourth-order valence-electron chi connectivity index (χ4n) is 2.71. The maximum absolute atomic E-state index is 13.4. The summed E-state index contributed by atoms with van der Waals surface area (Å²) in [5.41, 5.74) is -0.346. The van der Waals surface area contributed by atoms with Gasteiger partial charge in [0.2, 0.25) is 0 Å². The summed E-state index contributed by atoms with van der Waals surface area (Å²) in [7, 11) is -3.92. The van der Waals surface area contributed by atoms with E-state index in [-0.39, 0.29) is 5.17 Å². The number of alkyl halides is 3. The molecule has 5 nitrogen and oxygen atoms in total. The van der Waals surface area contributed by atoms with E-state index in [2.05, 4.69) is 10.1 Å². The molecule has 0 spiro atoms. The topological polar surface area (TPSA) is 59.9 Å². The van der Waals surface area contributed by atoms with Crippen LogP contribution >= 0.6 is 19.5 Å². The first-order valence-corrected chi connectivity index (χ1v) is 11.5. The molecule has 3 aromatic rings. The third kappa shape index (κ3) is 5.42. The summed E-state index contributed by atoms with van der Waals surface area (Å²) in [6, 6.07) is 21.9. The standard InChI is InChI=1S/C21H16F3N2O3PS/c22-21(23,24)16-9-7-8-15(14-16)19-25-20(31-19)26-30(27,28-17-10-3-1-4-11-17)29-18-12-5-2-6-13-18/h1-14,19H,(H,25,26,27). The van der Waals surface area contributed by atoms with Gasteiger partial charge in [0.15, 0.2) is 5.17 Å². The van der Waals surface area contributed by atoms with Crippen molar-refractivity contribution in [2.45, 2.75) is 11.6 Å². The lowest BCUT2D eigenvalue weighted by Crippen LogP contribution is -2.28. The fraction of sp³-hybridized carbons (Fsp3) is 0.0952. The Morgan fingerprint density at radius 1 is 0.871 bits per heavy atom. The third-order valence-corrected chi connectivity index (χ3v) is 6.70. The number of hydrogen-bond donors (Lipinski definition) is 1. The van der Waals surface area contributed by atoms with Gasteiger partial charge in [0.05, 0.1) is 5.56 Å². The first-order valence-electron chi connectivity index (χ1n) is 9.10. The second-order valence-electron chi connectivity index (χ2n) is 6.45. The number of halogens is 3. The van der Waals surface area contributed by atoms with E-state index in [1.807, 2.05) is 0 Å². The van der Waals surface area contributed by atoms with Crippen LogP contribution in [-0.2, 0) is 10.7 Å². The van der Waals surface area contributed by atoms with Gasteiger partial charge in [-0.2, -0.15) is 13.2 Å². The van der Waals surface area contributed by atoms with E-state index in [4.69, 9.17) is 9.05 Å². The average Bonchev–Trinajstić information content (AvgIpc) is 2.71. The lowest BCUT2D eigenvalue weighted by atomic mass is 10.1. The highest BCUT2D eigenvalue weighted by atomic mass is 32.2. The SMILES string of the molecule is O=P(NC1=NC(c2cccc(C(F)(F)F)c2)S1)(Oc1ccccc1)Oc1ccccc1. The fourth-order valence-corrected chi connectivity index (χ4v) is 5.13. The molecule has 10 heteroatoms. The van der Waals surface area contributed by atoms with Crippen LogP contribution in [0.5, 0.6) is 11.5 Å². The molecule has 1 heterocycles. The molecule has 1 unspecified atom stereocenters. The molecule has 160 valence electrons. The maximum Gasteiger partial charge on any atom is 0.543 e. The van der Waals surface area contributed by atoms with Gasteiger partial charge in [-0.05, 0) is 42.0 Å². The van der Waals surface area contributed by atoms with Crippen molar-refractivity contribution < 1.29 is 26.8 Å². The lowest BCUT2D eigenvalue weighted by Gasteiger charge is -2.28. The summed E-state index contributed by atoms with van der Waals surface area (Å²) in [6.07, 6.45) is -4.43. The quantitative estimate of drug-likeness (QED) is 0.413. The van der Waals surface area contributed by atoms with Crippen molar-refractivity contribution in [3.05, 3.63) is 96.1 Å². The molecule has 0 fully saturated rings. The van der Waals surface area contributed by atoms with Gasteiger partial charge < -0.3 is 9.05 Å². The summed E-state index contributed by atoms with van der Waals surface area (Å²) in [5, 5.41) is 2.37. The second kappa shape index (κ2) is 8.69. The first-order chi connectivity index (χ1) is 14.8.